The Balaban J connectivity index is 1.13. The molecular weight excluding hydrogens is 817 g/mol. The van der Waals surface area contributed by atoms with Gasteiger partial charge in [-0.3, -0.25) is 9.97 Å². The van der Waals surface area contributed by atoms with Crippen LogP contribution in [0.5, 0.6) is 0 Å². The minimum absolute atomic E-state index is 0.263. The number of aromatic nitrogens is 4. The highest BCUT2D eigenvalue weighted by Gasteiger charge is 2.23. The molecule has 0 aliphatic rings. The van der Waals surface area contributed by atoms with E-state index in [4.69, 9.17) is 9.97 Å². The summed E-state index contributed by atoms with van der Waals surface area (Å²) in [6, 6.07) is 67.4. The van der Waals surface area contributed by atoms with Crippen molar-refractivity contribution in [3.05, 3.63) is 230 Å². The second-order valence-electron chi connectivity index (χ2n) is 16.4. The van der Waals surface area contributed by atoms with Gasteiger partial charge in [0.25, 0.3) is 0 Å². The van der Waals surface area contributed by atoms with E-state index in [9.17, 15) is 5.26 Å². The Hall–Kier alpha value is -8.99. The fourth-order valence-electron chi connectivity index (χ4n) is 9.48. The first kappa shape index (κ1) is 38.7. The van der Waals surface area contributed by atoms with Gasteiger partial charge in [-0.05, 0) is 77.4 Å². The molecule has 0 radical (unpaired) electrons. The van der Waals surface area contributed by atoms with Gasteiger partial charge in [-0.2, -0.15) is 5.26 Å². The van der Waals surface area contributed by atoms with Gasteiger partial charge in [0.15, 0.2) is 0 Å². The second kappa shape index (κ2) is 15.7. The number of nitriles is 1. The van der Waals surface area contributed by atoms with E-state index in [1.54, 1.807) is 0 Å². The Morgan fingerprint density at radius 1 is 0.364 bits per heavy atom. The number of hydrogen-bond donors (Lipinski definition) is 0. The van der Waals surface area contributed by atoms with Crippen LogP contribution in [-0.2, 0) is 0 Å². The van der Waals surface area contributed by atoms with Crippen molar-refractivity contribution in [2.45, 2.75) is 0 Å². The second-order valence-corrected chi connectivity index (χ2v) is 16.4. The zero-order valence-corrected chi connectivity index (χ0v) is 35.2. The fraction of sp³-hybridized carbons (Fsp3) is 0. The van der Waals surface area contributed by atoms with Gasteiger partial charge >= 0.3 is 0 Å². The molecule has 0 N–H and O–H groups in total. The highest BCUT2D eigenvalue weighted by atomic mass is 19.1. The van der Waals surface area contributed by atoms with Crippen LogP contribution in [0, 0.1) is 23.0 Å². The molecule has 4 heterocycles. The lowest BCUT2D eigenvalue weighted by Gasteiger charge is -2.20. The molecule has 310 valence electrons. The monoisotopic (exact) mass is 851 g/mol. The van der Waals surface area contributed by atoms with Crippen LogP contribution in [0.15, 0.2) is 213 Å². The Bertz CT molecular complexity index is 3860. The van der Waals surface area contributed by atoms with Gasteiger partial charge in [0.1, 0.15) is 11.6 Å². The SMILES string of the molecule is N#Cc1cc(-n2c3ccccc3c3ccc(-c4ccc(-c5ccccc5)nc4)cc32)c(-n2c3ccccc3c3ccc(-c4ccc(-c5ccccc5)nc4)cc32)cc1-c1cc(F)cc(F)c1. The van der Waals surface area contributed by atoms with Crippen LogP contribution in [0.2, 0.25) is 0 Å². The topological polar surface area (TPSA) is 59.4 Å². The van der Waals surface area contributed by atoms with Crippen molar-refractivity contribution in [3.8, 4) is 73.3 Å². The van der Waals surface area contributed by atoms with Gasteiger partial charge in [0.05, 0.1) is 56.5 Å². The summed E-state index contributed by atoms with van der Waals surface area (Å²) in [5.41, 5.74) is 13.8. The third-order valence-corrected chi connectivity index (χ3v) is 12.6. The van der Waals surface area contributed by atoms with Crippen molar-refractivity contribution in [2.75, 3.05) is 0 Å². The Morgan fingerprint density at radius 3 is 1.27 bits per heavy atom. The van der Waals surface area contributed by atoms with Crippen LogP contribution in [-0.4, -0.2) is 19.1 Å². The van der Waals surface area contributed by atoms with Crippen LogP contribution in [0.1, 0.15) is 5.56 Å². The largest absolute Gasteiger partial charge is 0.307 e. The Labute approximate surface area is 378 Å². The maximum Gasteiger partial charge on any atom is 0.126 e. The molecule has 0 saturated heterocycles. The lowest BCUT2D eigenvalue weighted by atomic mass is 9.97. The van der Waals surface area contributed by atoms with E-state index >= 15 is 8.78 Å². The maximum absolute atomic E-state index is 15.1. The molecule has 0 atom stereocenters. The minimum Gasteiger partial charge on any atom is -0.307 e. The number of fused-ring (bicyclic) bond motifs is 6. The summed E-state index contributed by atoms with van der Waals surface area (Å²) in [5, 5.41) is 15.0. The standard InChI is InChI=1S/C59H35F2N5/c60-45-27-43(28-46(61)32-45)51-33-59(66-55-18-10-8-16-48(55)50-24-20-40(30-57(50)66)42-22-26-53(64-36-42)38-13-5-2-6-14-38)58(31-44(51)34-62)65-54-17-9-7-15-47(54)49-23-19-39(29-56(49)65)41-21-25-52(63-35-41)37-11-3-1-4-12-37/h1-33,35-36H. The Kier molecular flexibility index (Phi) is 9.18. The third kappa shape index (κ3) is 6.51. The summed E-state index contributed by atoms with van der Waals surface area (Å²) in [6.45, 7) is 0. The van der Waals surface area contributed by atoms with Crippen molar-refractivity contribution in [1.29, 1.82) is 5.26 Å². The summed E-state index contributed by atoms with van der Waals surface area (Å²) in [4.78, 5) is 9.71. The van der Waals surface area contributed by atoms with E-state index in [0.717, 1.165) is 106 Å². The minimum atomic E-state index is -0.728. The van der Waals surface area contributed by atoms with E-state index in [0.29, 0.717) is 5.56 Å². The van der Waals surface area contributed by atoms with Gasteiger partial charge in [-0.15, -0.1) is 0 Å². The number of pyridine rings is 2. The van der Waals surface area contributed by atoms with Crippen LogP contribution >= 0.6 is 0 Å². The molecule has 0 unspecified atom stereocenters. The number of hydrogen-bond acceptors (Lipinski definition) is 3. The third-order valence-electron chi connectivity index (χ3n) is 12.6. The number of rotatable bonds is 7. The van der Waals surface area contributed by atoms with E-state index in [2.05, 4.69) is 88.0 Å². The molecule has 0 aliphatic carbocycles. The molecule has 0 aliphatic heterocycles. The normalized spacial score (nSPS) is 11.5. The van der Waals surface area contributed by atoms with Crippen molar-refractivity contribution in [1.82, 2.24) is 19.1 Å². The molecule has 0 bridgehead atoms. The highest BCUT2D eigenvalue weighted by molar-refractivity contribution is 6.13. The summed E-state index contributed by atoms with van der Waals surface area (Å²) >= 11 is 0. The molecule has 12 aromatic rings. The summed E-state index contributed by atoms with van der Waals surface area (Å²) < 4.78 is 34.6. The van der Waals surface area contributed by atoms with Gasteiger partial charge in [-0.25, -0.2) is 8.78 Å². The Morgan fingerprint density at radius 2 is 0.803 bits per heavy atom. The summed E-state index contributed by atoms with van der Waals surface area (Å²) in [6.07, 6.45) is 3.81. The van der Waals surface area contributed by atoms with E-state index in [1.165, 1.54) is 12.1 Å². The number of halogens is 2. The van der Waals surface area contributed by atoms with E-state index in [-0.39, 0.29) is 11.1 Å². The molecule has 8 aromatic carbocycles. The van der Waals surface area contributed by atoms with Crippen molar-refractivity contribution in [3.63, 3.8) is 0 Å². The lowest BCUT2D eigenvalue weighted by molar-refractivity contribution is 0.584. The van der Waals surface area contributed by atoms with Crippen molar-refractivity contribution >= 4 is 43.6 Å². The molecule has 0 saturated carbocycles. The molecule has 0 amide bonds. The number of para-hydroxylation sites is 2. The van der Waals surface area contributed by atoms with Crippen LogP contribution in [0.3, 0.4) is 0 Å². The van der Waals surface area contributed by atoms with Gasteiger partial charge in [0, 0.05) is 67.8 Å². The predicted octanol–water partition coefficient (Wildman–Crippen LogP) is 15.2. The van der Waals surface area contributed by atoms with Crippen LogP contribution < -0.4 is 0 Å². The average Bonchev–Trinajstić information content (AvgIpc) is 3.88. The van der Waals surface area contributed by atoms with Gasteiger partial charge in [0.2, 0.25) is 0 Å². The molecule has 66 heavy (non-hydrogen) atoms. The summed E-state index contributed by atoms with van der Waals surface area (Å²) in [5.74, 6) is -1.46. The molecule has 0 fully saturated rings. The average molecular weight is 852 g/mol. The van der Waals surface area contributed by atoms with Crippen LogP contribution in [0.4, 0.5) is 8.78 Å². The fourth-order valence-corrected chi connectivity index (χ4v) is 9.48. The van der Waals surface area contributed by atoms with Crippen molar-refractivity contribution in [2.24, 2.45) is 0 Å². The molecule has 5 nitrogen and oxygen atoms in total. The quantitative estimate of drug-likeness (QED) is 0.160. The number of nitrogens with zero attached hydrogens (tertiary/aromatic N) is 5. The van der Waals surface area contributed by atoms with Gasteiger partial charge in [-0.1, -0.05) is 133 Å². The molecular formula is C59H35F2N5. The molecule has 12 rings (SSSR count). The molecule has 0 spiro atoms. The summed E-state index contributed by atoms with van der Waals surface area (Å²) in [7, 11) is 0. The predicted molar refractivity (Wildman–Crippen MR) is 263 cm³/mol. The molecule has 7 heteroatoms. The maximum atomic E-state index is 15.1. The zero-order chi connectivity index (χ0) is 44.3. The zero-order valence-electron chi connectivity index (χ0n) is 35.2. The van der Waals surface area contributed by atoms with Crippen molar-refractivity contribution < 1.29 is 8.78 Å². The number of benzene rings is 8. The lowest BCUT2D eigenvalue weighted by Crippen LogP contribution is -2.06. The first-order chi connectivity index (χ1) is 32.5. The first-order valence-corrected chi connectivity index (χ1v) is 21.6. The molecule has 4 aromatic heterocycles. The van der Waals surface area contributed by atoms with E-state index in [1.807, 2.05) is 122 Å². The highest BCUT2D eigenvalue weighted by Crippen LogP contribution is 2.43. The smallest absolute Gasteiger partial charge is 0.126 e. The first-order valence-electron chi connectivity index (χ1n) is 21.6. The van der Waals surface area contributed by atoms with E-state index < -0.39 is 11.6 Å². The van der Waals surface area contributed by atoms with Crippen LogP contribution in [0.25, 0.3) is 111 Å². The van der Waals surface area contributed by atoms with Gasteiger partial charge < -0.3 is 9.13 Å².